The second kappa shape index (κ2) is 9.52. The van der Waals surface area contributed by atoms with Crippen LogP contribution in [0, 0.1) is 5.92 Å². The van der Waals surface area contributed by atoms with E-state index < -0.39 is 0 Å². The number of aromatic hydroxyl groups is 1. The highest BCUT2D eigenvalue weighted by Gasteiger charge is 2.27. The number of aromatic amines is 1. The van der Waals surface area contributed by atoms with Crippen molar-refractivity contribution < 1.29 is 15.0 Å². The number of carboxylic acid groups (broad SMARTS) is 1. The van der Waals surface area contributed by atoms with Crippen molar-refractivity contribution in [2.75, 3.05) is 24.5 Å². The van der Waals surface area contributed by atoms with E-state index >= 15 is 0 Å². The first-order valence-electron chi connectivity index (χ1n) is 10.3. The normalized spacial score (nSPS) is 17.8. The lowest BCUT2D eigenvalue weighted by molar-refractivity contribution is -0.122. The van der Waals surface area contributed by atoms with Crippen molar-refractivity contribution in [2.45, 2.75) is 25.3 Å². The summed E-state index contributed by atoms with van der Waals surface area (Å²) < 4.78 is 0. The van der Waals surface area contributed by atoms with Crippen LogP contribution in [0.25, 0.3) is 22.4 Å². The van der Waals surface area contributed by atoms with Crippen molar-refractivity contribution in [3.8, 4) is 28.1 Å². The Morgan fingerprint density at radius 3 is 2.68 bits per heavy atom. The predicted molar refractivity (Wildman–Crippen MR) is 115 cm³/mol. The predicted octanol–water partition coefficient (Wildman–Crippen LogP) is 1.91. The second-order valence-corrected chi connectivity index (χ2v) is 7.75. The summed E-state index contributed by atoms with van der Waals surface area (Å²) in [6, 6.07) is 6.21. The Morgan fingerprint density at radius 2 is 2.03 bits per heavy atom. The van der Waals surface area contributed by atoms with Crippen LogP contribution in [0.1, 0.15) is 19.3 Å². The molecule has 162 valence electrons. The zero-order valence-corrected chi connectivity index (χ0v) is 17.0. The molecule has 3 aromatic rings. The van der Waals surface area contributed by atoms with Crippen LogP contribution in [-0.4, -0.2) is 67.7 Å². The molecule has 4 N–H and O–H groups in total. The zero-order chi connectivity index (χ0) is 21.6. The molecule has 1 atom stereocenters. The molecule has 10 nitrogen and oxygen atoms in total. The molecular weight excluding hydrogens is 398 g/mol. The van der Waals surface area contributed by atoms with Crippen LogP contribution in [0.2, 0.25) is 0 Å². The summed E-state index contributed by atoms with van der Waals surface area (Å²) in [5.74, 6) is 1.45. The van der Waals surface area contributed by atoms with Crippen molar-refractivity contribution in [3.63, 3.8) is 0 Å². The van der Waals surface area contributed by atoms with E-state index in [0.29, 0.717) is 23.1 Å². The second-order valence-electron chi connectivity index (χ2n) is 7.75. The standard InChI is InChI=1S/C20H23N7O.CH2O2/c28-19-7-14(15-9-23-24-10-15)1-4-17(19)18-11-22-20(26-25-18)27-6-5-13(12-27)8-21-16-2-3-16;2-1-3/h1,4,7,9-11,13,16,21,28H,2-3,5-6,8,12H2,(H,23,24);1H,(H,2,3). The number of phenols is 1. The number of hydrogen-bond donors (Lipinski definition) is 4. The lowest BCUT2D eigenvalue weighted by atomic mass is 10.0. The van der Waals surface area contributed by atoms with Crippen molar-refractivity contribution in [1.82, 2.24) is 30.7 Å². The Bertz CT molecular complexity index is 991. The third-order valence-electron chi connectivity index (χ3n) is 5.50. The number of anilines is 1. The Hall–Kier alpha value is -3.53. The first-order chi connectivity index (χ1) is 15.2. The lowest BCUT2D eigenvalue weighted by Gasteiger charge is -2.16. The maximum Gasteiger partial charge on any atom is 0.290 e. The van der Waals surface area contributed by atoms with Gasteiger partial charge in [0.05, 0.1) is 12.4 Å². The number of nitrogens with zero attached hydrogens (tertiary/aromatic N) is 5. The topological polar surface area (TPSA) is 140 Å². The number of benzene rings is 1. The maximum atomic E-state index is 10.4. The lowest BCUT2D eigenvalue weighted by Crippen LogP contribution is -2.28. The van der Waals surface area contributed by atoms with Crippen LogP contribution in [0.3, 0.4) is 0 Å². The molecule has 5 rings (SSSR count). The van der Waals surface area contributed by atoms with Crippen LogP contribution in [0.4, 0.5) is 5.95 Å². The summed E-state index contributed by atoms with van der Waals surface area (Å²) in [6.07, 6.45) is 8.98. The Labute approximate surface area is 179 Å². The highest BCUT2D eigenvalue weighted by Crippen LogP contribution is 2.32. The number of hydrogen-bond acceptors (Lipinski definition) is 8. The molecule has 1 aliphatic carbocycles. The van der Waals surface area contributed by atoms with Gasteiger partial charge in [-0.1, -0.05) is 6.07 Å². The highest BCUT2D eigenvalue weighted by atomic mass is 16.3. The van der Waals surface area contributed by atoms with Crippen LogP contribution in [0.5, 0.6) is 5.75 Å². The molecule has 0 spiro atoms. The van der Waals surface area contributed by atoms with E-state index in [1.807, 2.05) is 12.1 Å². The fraction of sp³-hybridized carbons (Fsp3) is 0.381. The summed E-state index contributed by atoms with van der Waals surface area (Å²) in [6.45, 7) is 2.75. The zero-order valence-electron chi connectivity index (χ0n) is 17.0. The molecule has 1 saturated carbocycles. The van der Waals surface area contributed by atoms with Gasteiger partial charge in [-0.15, -0.1) is 10.2 Å². The monoisotopic (exact) mass is 423 g/mol. The van der Waals surface area contributed by atoms with E-state index in [4.69, 9.17) is 9.90 Å². The molecule has 2 aliphatic rings. The molecule has 1 aromatic carbocycles. The molecule has 1 saturated heterocycles. The average Bonchev–Trinajstić information content (AvgIpc) is 3.25. The number of H-pyrrole nitrogens is 1. The third kappa shape index (κ3) is 5.15. The van der Waals surface area contributed by atoms with Crippen molar-refractivity contribution >= 4 is 12.4 Å². The van der Waals surface area contributed by atoms with Crippen LogP contribution < -0.4 is 10.2 Å². The third-order valence-corrected chi connectivity index (χ3v) is 5.50. The number of phenolic OH excluding ortho intramolecular Hbond substituents is 1. The molecule has 0 radical (unpaired) electrons. The summed E-state index contributed by atoms with van der Waals surface area (Å²) >= 11 is 0. The number of aromatic nitrogens is 5. The summed E-state index contributed by atoms with van der Waals surface area (Å²) in [7, 11) is 0. The van der Waals surface area contributed by atoms with Gasteiger partial charge in [-0.25, -0.2) is 4.98 Å². The maximum absolute atomic E-state index is 10.4. The van der Waals surface area contributed by atoms with E-state index in [1.165, 1.54) is 12.8 Å². The van der Waals surface area contributed by atoms with Gasteiger partial charge in [0.25, 0.3) is 6.47 Å². The first-order valence-corrected chi connectivity index (χ1v) is 10.3. The Kier molecular flexibility index (Phi) is 6.37. The largest absolute Gasteiger partial charge is 0.507 e. The van der Waals surface area contributed by atoms with Gasteiger partial charge >= 0.3 is 0 Å². The first kappa shape index (κ1) is 20.7. The molecule has 3 heterocycles. The van der Waals surface area contributed by atoms with E-state index in [9.17, 15) is 5.11 Å². The summed E-state index contributed by atoms with van der Waals surface area (Å²) in [4.78, 5) is 15.1. The molecule has 31 heavy (non-hydrogen) atoms. The quantitative estimate of drug-likeness (QED) is 0.438. The molecule has 0 amide bonds. The van der Waals surface area contributed by atoms with Gasteiger partial charge in [0, 0.05) is 36.5 Å². The van der Waals surface area contributed by atoms with Crippen LogP contribution in [-0.2, 0) is 4.79 Å². The van der Waals surface area contributed by atoms with Crippen molar-refractivity contribution in [2.24, 2.45) is 5.92 Å². The molecule has 0 bridgehead atoms. The van der Waals surface area contributed by atoms with Gasteiger partial charge in [0.1, 0.15) is 11.4 Å². The minimum atomic E-state index is -0.250. The number of carbonyl (C=O) groups is 1. The van der Waals surface area contributed by atoms with Gasteiger partial charge in [0.15, 0.2) is 0 Å². The summed E-state index contributed by atoms with van der Waals surface area (Å²) in [5.41, 5.74) is 2.98. The number of nitrogens with one attached hydrogen (secondary N) is 2. The SMILES string of the molecule is O=CO.Oc1cc(-c2cn[nH]c2)ccc1-c1cnc(N2CCC(CNC3CC3)C2)nn1. The van der Waals surface area contributed by atoms with E-state index in [2.05, 4.69) is 35.6 Å². The minimum absolute atomic E-state index is 0.148. The number of rotatable bonds is 6. The van der Waals surface area contributed by atoms with Crippen LogP contribution >= 0.6 is 0 Å². The van der Waals surface area contributed by atoms with Gasteiger partial charge < -0.3 is 20.4 Å². The van der Waals surface area contributed by atoms with Crippen molar-refractivity contribution in [1.29, 1.82) is 0 Å². The summed E-state index contributed by atoms with van der Waals surface area (Å²) in [5, 5.41) is 36.2. The molecular formula is C21H25N7O3. The fourth-order valence-corrected chi connectivity index (χ4v) is 3.68. The average molecular weight is 423 g/mol. The van der Waals surface area contributed by atoms with Crippen LogP contribution in [0.15, 0.2) is 36.8 Å². The fourth-order valence-electron chi connectivity index (χ4n) is 3.68. The molecule has 1 aliphatic heterocycles. The molecule has 2 aromatic heterocycles. The highest BCUT2D eigenvalue weighted by molar-refractivity contribution is 5.73. The smallest absolute Gasteiger partial charge is 0.290 e. The van der Waals surface area contributed by atoms with Gasteiger partial charge in [-0.3, -0.25) is 9.89 Å². The molecule has 1 unspecified atom stereocenters. The minimum Gasteiger partial charge on any atom is -0.507 e. The Balaban J connectivity index is 0.000000730. The van der Waals surface area contributed by atoms with E-state index in [0.717, 1.165) is 43.2 Å². The van der Waals surface area contributed by atoms with E-state index in [-0.39, 0.29) is 12.2 Å². The van der Waals surface area contributed by atoms with E-state index in [1.54, 1.807) is 24.7 Å². The Morgan fingerprint density at radius 1 is 1.19 bits per heavy atom. The van der Waals surface area contributed by atoms with Crippen molar-refractivity contribution in [3.05, 3.63) is 36.8 Å². The molecule has 10 heteroatoms. The molecule has 2 fully saturated rings. The van der Waals surface area contributed by atoms with Gasteiger partial charge in [-0.2, -0.15) is 5.10 Å². The van der Waals surface area contributed by atoms with Gasteiger partial charge in [-0.05, 0) is 49.4 Å². The van der Waals surface area contributed by atoms with Gasteiger partial charge in [0.2, 0.25) is 5.95 Å².